The van der Waals surface area contributed by atoms with Gasteiger partial charge >= 0.3 is 0 Å². The summed E-state index contributed by atoms with van der Waals surface area (Å²) in [6, 6.07) is 2.05. The maximum absolute atomic E-state index is 12.5. The molecule has 0 spiro atoms. The Balaban J connectivity index is 1.63. The topological polar surface area (TPSA) is 61.5 Å². The first-order valence-corrected chi connectivity index (χ1v) is 7.81. The van der Waals surface area contributed by atoms with Gasteiger partial charge in [-0.25, -0.2) is 0 Å². The van der Waals surface area contributed by atoms with E-state index in [2.05, 4.69) is 28.9 Å². The molecule has 0 aliphatic carbocycles. The van der Waals surface area contributed by atoms with Crippen LogP contribution in [-0.2, 0) is 4.74 Å². The zero-order valence-electron chi connectivity index (χ0n) is 12.8. The van der Waals surface area contributed by atoms with Gasteiger partial charge in [0.2, 0.25) is 0 Å². The summed E-state index contributed by atoms with van der Waals surface area (Å²) in [5.74, 6) is 0.0735. The Hall–Kier alpha value is -1.40. The summed E-state index contributed by atoms with van der Waals surface area (Å²) in [6.07, 6.45) is 4.34. The van der Waals surface area contributed by atoms with Gasteiger partial charge in [-0.1, -0.05) is 0 Å². The number of amides is 1. The molecule has 0 unspecified atom stereocenters. The van der Waals surface area contributed by atoms with Crippen LogP contribution in [0.5, 0.6) is 0 Å². The summed E-state index contributed by atoms with van der Waals surface area (Å²) in [6.45, 7) is 7.92. The summed E-state index contributed by atoms with van der Waals surface area (Å²) in [4.78, 5) is 16.9. The Kier molecular flexibility index (Phi) is 4.26. The van der Waals surface area contributed by atoms with Gasteiger partial charge in [0.15, 0.2) is 0 Å². The SMILES string of the molecule is C[C@@H]1CN(C[C@@H]2CCCN2C(=O)c2ccn[nH]2)C[C@@H](C)O1. The number of H-pyrrole nitrogens is 1. The molecule has 3 rings (SSSR count). The second kappa shape index (κ2) is 6.15. The molecule has 2 aliphatic rings. The largest absolute Gasteiger partial charge is 0.373 e. The predicted molar refractivity (Wildman–Crippen MR) is 79.1 cm³/mol. The monoisotopic (exact) mass is 292 g/mol. The number of carbonyl (C=O) groups is 1. The molecule has 2 aliphatic heterocycles. The van der Waals surface area contributed by atoms with E-state index in [1.807, 2.05) is 4.90 Å². The van der Waals surface area contributed by atoms with Gasteiger partial charge in [0.25, 0.3) is 5.91 Å². The van der Waals surface area contributed by atoms with Crippen molar-refractivity contribution in [1.29, 1.82) is 0 Å². The quantitative estimate of drug-likeness (QED) is 0.907. The number of nitrogens with one attached hydrogen (secondary N) is 1. The maximum Gasteiger partial charge on any atom is 0.272 e. The highest BCUT2D eigenvalue weighted by Crippen LogP contribution is 2.22. The van der Waals surface area contributed by atoms with Crippen LogP contribution in [0.2, 0.25) is 0 Å². The van der Waals surface area contributed by atoms with E-state index < -0.39 is 0 Å². The fourth-order valence-corrected chi connectivity index (χ4v) is 3.55. The van der Waals surface area contributed by atoms with Crippen molar-refractivity contribution in [2.45, 2.75) is 44.9 Å². The van der Waals surface area contributed by atoms with Crippen molar-refractivity contribution in [1.82, 2.24) is 20.0 Å². The van der Waals surface area contributed by atoms with Crippen LogP contribution in [-0.4, -0.2) is 70.3 Å². The van der Waals surface area contributed by atoms with Gasteiger partial charge in [-0.3, -0.25) is 14.8 Å². The number of hydrogen-bond donors (Lipinski definition) is 1. The number of ether oxygens (including phenoxy) is 1. The summed E-state index contributed by atoms with van der Waals surface area (Å²) < 4.78 is 5.78. The third kappa shape index (κ3) is 3.27. The molecule has 6 nitrogen and oxygen atoms in total. The number of carbonyl (C=O) groups excluding carboxylic acids is 1. The van der Waals surface area contributed by atoms with E-state index in [0.717, 1.165) is 39.0 Å². The highest BCUT2D eigenvalue weighted by Gasteiger charge is 2.33. The van der Waals surface area contributed by atoms with Crippen LogP contribution in [0.15, 0.2) is 12.3 Å². The van der Waals surface area contributed by atoms with E-state index in [9.17, 15) is 4.79 Å². The van der Waals surface area contributed by atoms with Crippen molar-refractivity contribution in [3.05, 3.63) is 18.0 Å². The lowest BCUT2D eigenvalue weighted by atomic mass is 10.1. The molecule has 0 aromatic carbocycles. The number of morpholine rings is 1. The van der Waals surface area contributed by atoms with Crippen molar-refractivity contribution in [3.63, 3.8) is 0 Å². The zero-order chi connectivity index (χ0) is 14.8. The van der Waals surface area contributed by atoms with Gasteiger partial charge in [-0.2, -0.15) is 5.10 Å². The number of rotatable bonds is 3. The number of hydrogen-bond acceptors (Lipinski definition) is 4. The molecule has 3 atom stereocenters. The fraction of sp³-hybridized carbons (Fsp3) is 0.733. The second-order valence-corrected chi connectivity index (χ2v) is 6.24. The lowest BCUT2D eigenvalue weighted by molar-refractivity contribution is -0.0715. The standard InChI is InChI=1S/C15H24N4O2/c1-11-8-18(9-12(2)21-11)10-13-4-3-7-19(13)15(20)14-5-6-16-17-14/h5-6,11-13H,3-4,7-10H2,1-2H3,(H,16,17)/t11-,12-,13+/m1/s1. The lowest BCUT2D eigenvalue weighted by Gasteiger charge is -2.38. The van der Waals surface area contributed by atoms with E-state index in [0.29, 0.717) is 11.7 Å². The highest BCUT2D eigenvalue weighted by molar-refractivity contribution is 5.92. The molecule has 0 saturated carbocycles. The first-order chi connectivity index (χ1) is 10.1. The van der Waals surface area contributed by atoms with E-state index in [1.54, 1.807) is 12.3 Å². The van der Waals surface area contributed by atoms with Gasteiger partial charge in [0, 0.05) is 38.4 Å². The molecule has 6 heteroatoms. The third-order valence-electron chi connectivity index (χ3n) is 4.33. The number of likely N-dealkylation sites (tertiary alicyclic amines) is 1. The average Bonchev–Trinajstić information content (AvgIpc) is 3.07. The molecule has 1 aromatic rings. The maximum atomic E-state index is 12.5. The zero-order valence-corrected chi connectivity index (χ0v) is 12.8. The molecule has 21 heavy (non-hydrogen) atoms. The molecular formula is C15H24N4O2. The Morgan fingerprint density at radius 3 is 2.86 bits per heavy atom. The minimum atomic E-state index is 0.0735. The Labute approximate surface area is 125 Å². The molecule has 116 valence electrons. The molecule has 3 heterocycles. The Bertz CT molecular complexity index is 466. The van der Waals surface area contributed by atoms with Gasteiger partial charge in [-0.05, 0) is 32.8 Å². The van der Waals surface area contributed by atoms with Gasteiger partial charge in [-0.15, -0.1) is 0 Å². The normalized spacial score (nSPS) is 30.8. The van der Waals surface area contributed by atoms with Crippen molar-refractivity contribution in [3.8, 4) is 0 Å². The highest BCUT2D eigenvalue weighted by atomic mass is 16.5. The van der Waals surface area contributed by atoms with E-state index >= 15 is 0 Å². The van der Waals surface area contributed by atoms with Crippen LogP contribution >= 0.6 is 0 Å². The van der Waals surface area contributed by atoms with E-state index in [4.69, 9.17) is 4.74 Å². The van der Waals surface area contributed by atoms with Crippen molar-refractivity contribution >= 4 is 5.91 Å². The first-order valence-electron chi connectivity index (χ1n) is 7.81. The Morgan fingerprint density at radius 2 is 2.19 bits per heavy atom. The molecular weight excluding hydrogens is 268 g/mol. The third-order valence-corrected chi connectivity index (χ3v) is 4.33. The summed E-state index contributed by atoms with van der Waals surface area (Å²) in [5, 5.41) is 6.65. The fourth-order valence-electron chi connectivity index (χ4n) is 3.55. The molecule has 2 saturated heterocycles. The second-order valence-electron chi connectivity index (χ2n) is 6.24. The van der Waals surface area contributed by atoms with Crippen LogP contribution in [0, 0.1) is 0 Å². The predicted octanol–water partition coefficient (Wildman–Crippen LogP) is 1.12. The number of aromatic amines is 1. The summed E-state index contributed by atoms with van der Waals surface area (Å²) in [5.41, 5.74) is 0.589. The van der Waals surface area contributed by atoms with Crippen LogP contribution in [0.25, 0.3) is 0 Å². The van der Waals surface area contributed by atoms with Crippen LogP contribution in [0.1, 0.15) is 37.2 Å². The van der Waals surface area contributed by atoms with Crippen LogP contribution in [0.3, 0.4) is 0 Å². The smallest absolute Gasteiger partial charge is 0.272 e. The minimum absolute atomic E-state index is 0.0735. The first kappa shape index (κ1) is 14.5. The number of aromatic nitrogens is 2. The van der Waals surface area contributed by atoms with E-state index in [-0.39, 0.29) is 18.1 Å². The van der Waals surface area contributed by atoms with Crippen molar-refractivity contribution in [2.24, 2.45) is 0 Å². The van der Waals surface area contributed by atoms with E-state index in [1.165, 1.54) is 0 Å². The minimum Gasteiger partial charge on any atom is -0.373 e. The molecule has 1 amide bonds. The summed E-state index contributed by atoms with van der Waals surface area (Å²) in [7, 11) is 0. The lowest BCUT2D eigenvalue weighted by Crippen LogP contribution is -2.51. The number of nitrogens with zero attached hydrogens (tertiary/aromatic N) is 3. The molecule has 0 bridgehead atoms. The van der Waals surface area contributed by atoms with Crippen molar-refractivity contribution in [2.75, 3.05) is 26.2 Å². The van der Waals surface area contributed by atoms with Crippen LogP contribution in [0.4, 0.5) is 0 Å². The molecule has 2 fully saturated rings. The van der Waals surface area contributed by atoms with Crippen molar-refractivity contribution < 1.29 is 9.53 Å². The Morgan fingerprint density at radius 1 is 1.43 bits per heavy atom. The van der Waals surface area contributed by atoms with Gasteiger partial charge in [0.05, 0.1) is 12.2 Å². The average molecular weight is 292 g/mol. The molecule has 1 N–H and O–H groups in total. The molecule has 0 radical (unpaired) electrons. The molecule has 1 aromatic heterocycles. The van der Waals surface area contributed by atoms with Crippen LogP contribution < -0.4 is 0 Å². The van der Waals surface area contributed by atoms with Gasteiger partial charge in [0.1, 0.15) is 5.69 Å². The van der Waals surface area contributed by atoms with Gasteiger partial charge < -0.3 is 9.64 Å². The summed E-state index contributed by atoms with van der Waals surface area (Å²) >= 11 is 0.